The normalized spacial score (nSPS) is 15.6. The van der Waals surface area contributed by atoms with Crippen LogP contribution in [0.2, 0.25) is 0 Å². The van der Waals surface area contributed by atoms with Crippen LogP contribution in [-0.4, -0.2) is 85.3 Å². The van der Waals surface area contributed by atoms with Gasteiger partial charge in [0.05, 0.1) is 6.61 Å². The van der Waals surface area contributed by atoms with Crippen LogP contribution >= 0.6 is 0 Å². The van der Waals surface area contributed by atoms with E-state index in [2.05, 4.69) is 19.6 Å². The van der Waals surface area contributed by atoms with Gasteiger partial charge in [-0.05, 0) is 61.6 Å². The van der Waals surface area contributed by atoms with Gasteiger partial charge in [-0.1, -0.05) is 18.2 Å². The second-order valence-electron chi connectivity index (χ2n) is 11.7. The Bertz CT molecular complexity index is 1830. The number of fused-ring (bicyclic) bond motifs is 6. The van der Waals surface area contributed by atoms with Crippen LogP contribution in [0, 0.1) is 0 Å². The van der Waals surface area contributed by atoms with Crippen molar-refractivity contribution in [2.24, 2.45) is 0 Å². The SMILES string of the molecule is O=C(CCc1ccc2c(c1)OCO2)N1CCCCN(C(=O)c2cc3ncccn3n2)CCn2ccnc2-c2cccc(c2)OCCC1. The van der Waals surface area contributed by atoms with Crippen molar-refractivity contribution in [1.82, 2.24) is 33.9 Å². The maximum absolute atomic E-state index is 13.8. The molecular weight excluding hydrogens is 598 g/mol. The summed E-state index contributed by atoms with van der Waals surface area (Å²) in [5, 5.41) is 4.49. The van der Waals surface area contributed by atoms with E-state index in [4.69, 9.17) is 14.2 Å². The third-order valence-electron chi connectivity index (χ3n) is 8.53. The molecular formula is C35H37N7O5. The molecule has 0 fully saturated rings. The van der Waals surface area contributed by atoms with Crippen LogP contribution in [0.3, 0.4) is 0 Å². The number of hydrogen-bond acceptors (Lipinski definition) is 8. The number of rotatable bonds is 4. The summed E-state index contributed by atoms with van der Waals surface area (Å²) in [6.45, 7) is 3.45. The van der Waals surface area contributed by atoms with E-state index < -0.39 is 0 Å². The summed E-state index contributed by atoms with van der Waals surface area (Å²) in [6, 6.07) is 17.2. The summed E-state index contributed by atoms with van der Waals surface area (Å²) in [7, 11) is 0. The molecule has 0 atom stereocenters. The van der Waals surface area contributed by atoms with Gasteiger partial charge >= 0.3 is 0 Å². The molecule has 12 nitrogen and oxygen atoms in total. The van der Waals surface area contributed by atoms with Crippen LogP contribution in [0.4, 0.5) is 0 Å². The van der Waals surface area contributed by atoms with Gasteiger partial charge in [-0.3, -0.25) is 9.59 Å². The van der Waals surface area contributed by atoms with E-state index in [0.717, 1.165) is 47.0 Å². The van der Waals surface area contributed by atoms with Gasteiger partial charge in [0.25, 0.3) is 5.91 Å². The predicted molar refractivity (Wildman–Crippen MR) is 173 cm³/mol. The number of nitrogens with zero attached hydrogens (tertiary/aromatic N) is 7. The van der Waals surface area contributed by atoms with Gasteiger partial charge in [-0.25, -0.2) is 14.5 Å². The molecule has 2 bridgehead atoms. The number of ether oxygens (including phenoxy) is 3. The molecule has 0 aliphatic carbocycles. The van der Waals surface area contributed by atoms with Crippen LogP contribution in [0.25, 0.3) is 17.0 Å². The molecule has 0 saturated heterocycles. The maximum Gasteiger partial charge on any atom is 0.274 e. The van der Waals surface area contributed by atoms with Crippen LogP contribution in [0.5, 0.6) is 17.2 Å². The Morgan fingerprint density at radius 1 is 0.766 bits per heavy atom. The van der Waals surface area contributed by atoms with Gasteiger partial charge in [0.15, 0.2) is 22.8 Å². The van der Waals surface area contributed by atoms with E-state index in [0.29, 0.717) is 69.9 Å². The minimum Gasteiger partial charge on any atom is -0.494 e. The fourth-order valence-electron chi connectivity index (χ4n) is 6.03. The van der Waals surface area contributed by atoms with E-state index in [1.165, 1.54) is 0 Å². The molecule has 2 aliphatic rings. The summed E-state index contributed by atoms with van der Waals surface area (Å²) in [5.74, 6) is 2.96. The molecule has 0 saturated carbocycles. The highest BCUT2D eigenvalue weighted by molar-refractivity contribution is 5.93. The molecule has 47 heavy (non-hydrogen) atoms. The molecule has 7 rings (SSSR count). The molecule has 242 valence electrons. The fourth-order valence-corrected chi connectivity index (χ4v) is 6.03. The van der Waals surface area contributed by atoms with Crippen molar-refractivity contribution in [3.63, 3.8) is 0 Å². The maximum atomic E-state index is 13.8. The van der Waals surface area contributed by atoms with E-state index in [9.17, 15) is 9.59 Å². The molecule has 0 radical (unpaired) electrons. The lowest BCUT2D eigenvalue weighted by Crippen LogP contribution is -2.36. The Morgan fingerprint density at radius 2 is 1.64 bits per heavy atom. The largest absolute Gasteiger partial charge is 0.494 e. The van der Waals surface area contributed by atoms with Crippen molar-refractivity contribution < 1.29 is 23.8 Å². The Kier molecular flexibility index (Phi) is 8.98. The van der Waals surface area contributed by atoms with Crippen molar-refractivity contribution in [2.75, 3.05) is 39.6 Å². The summed E-state index contributed by atoms with van der Waals surface area (Å²) < 4.78 is 20.7. The molecule has 5 aromatic rings. The smallest absolute Gasteiger partial charge is 0.274 e. The highest BCUT2D eigenvalue weighted by atomic mass is 16.7. The highest BCUT2D eigenvalue weighted by Gasteiger charge is 2.21. The first-order valence-corrected chi connectivity index (χ1v) is 16.1. The molecule has 5 heterocycles. The number of hydrogen-bond donors (Lipinski definition) is 0. The molecule has 0 N–H and O–H groups in total. The number of amides is 2. The zero-order valence-electron chi connectivity index (χ0n) is 26.2. The molecule has 0 spiro atoms. The fraction of sp³-hybridized carbons (Fsp3) is 0.343. The van der Waals surface area contributed by atoms with Crippen LogP contribution in [-0.2, 0) is 17.8 Å². The first kappa shape index (κ1) is 30.3. The Balaban J connectivity index is 1.08. The Labute approximate surface area is 272 Å². The van der Waals surface area contributed by atoms with Crippen molar-refractivity contribution in [2.45, 2.75) is 38.6 Å². The minimum atomic E-state index is -0.151. The molecule has 2 aliphatic heterocycles. The third-order valence-corrected chi connectivity index (χ3v) is 8.53. The number of carbonyl (C=O) groups is 2. The van der Waals surface area contributed by atoms with Crippen molar-refractivity contribution in [1.29, 1.82) is 0 Å². The summed E-state index contributed by atoms with van der Waals surface area (Å²) >= 11 is 0. The van der Waals surface area contributed by atoms with Gasteiger partial charge in [0.1, 0.15) is 11.6 Å². The van der Waals surface area contributed by atoms with Gasteiger partial charge in [0.2, 0.25) is 12.7 Å². The minimum absolute atomic E-state index is 0.0955. The standard InChI is InChI=1S/C35H37N7O5/c43-33(11-9-26-8-10-30-31(22-26)47-25-46-30)39-14-1-2-15-41(35(44)29-24-32-36-12-4-17-42(32)38-29)20-19-40-18-13-37-34(40)27-6-3-7-28(23-27)45-21-5-16-39/h3-4,6-8,10,12-13,17-18,22-24H,1-2,5,9,11,14-16,19-21,25H2. The topological polar surface area (TPSA) is 116 Å². The number of carbonyl (C=O) groups excluding carboxylic acids is 2. The lowest BCUT2D eigenvalue weighted by molar-refractivity contribution is -0.131. The zero-order valence-corrected chi connectivity index (χ0v) is 26.2. The van der Waals surface area contributed by atoms with Gasteiger partial charge in [0, 0.05) is 75.6 Å². The summed E-state index contributed by atoms with van der Waals surface area (Å²) in [5.41, 5.74) is 2.94. The second-order valence-corrected chi connectivity index (χ2v) is 11.7. The highest BCUT2D eigenvalue weighted by Crippen LogP contribution is 2.33. The van der Waals surface area contributed by atoms with Gasteiger partial charge < -0.3 is 28.6 Å². The van der Waals surface area contributed by atoms with Gasteiger partial charge in [-0.2, -0.15) is 5.10 Å². The van der Waals surface area contributed by atoms with E-state index >= 15 is 0 Å². The zero-order chi connectivity index (χ0) is 32.0. The van der Waals surface area contributed by atoms with Crippen LogP contribution in [0.15, 0.2) is 79.4 Å². The lowest BCUT2D eigenvalue weighted by Gasteiger charge is -2.25. The van der Waals surface area contributed by atoms with Crippen molar-refractivity contribution in [3.8, 4) is 28.6 Å². The van der Waals surface area contributed by atoms with Gasteiger partial charge in [-0.15, -0.1) is 0 Å². The number of aryl methyl sites for hydroxylation is 1. The van der Waals surface area contributed by atoms with Crippen LogP contribution in [0.1, 0.15) is 41.7 Å². The third kappa shape index (κ3) is 7.06. The molecule has 0 unspecified atom stereocenters. The molecule has 2 amide bonds. The molecule has 3 aromatic heterocycles. The Hall–Kier alpha value is -5.39. The van der Waals surface area contributed by atoms with E-state index in [1.807, 2.05) is 58.5 Å². The number of aromatic nitrogens is 5. The quantitative estimate of drug-likeness (QED) is 0.284. The molecule has 2 aromatic carbocycles. The van der Waals surface area contributed by atoms with E-state index in [1.54, 1.807) is 35.2 Å². The summed E-state index contributed by atoms with van der Waals surface area (Å²) in [6.07, 6.45) is 10.4. The molecule has 12 heteroatoms. The van der Waals surface area contributed by atoms with Crippen molar-refractivity contribution in [3.05, 3.63) is 90.6 Å². The second kappa shape index (κ2) is 13.9. The average molecular weight is 636 g/mol. The van der Waals surface area contributed by atoms with E-state index in [-0.39, 0.29) is 18.6 Å². The van der Waals surface area contributed by atoms with Crippen LogP contribution < -0.4 is 14.2 Å². The first-order chi connectivity index (χ1) is 23.1. The average Bonchev–Trinajstić information content (AvgIpc) is 3.87. The number of benzene rings is 2. The lowest BCUT2D eigenvalue weighted by atomic mass is 10.1. The predicted octanol–water partition coefficient (Wildman–Crippen LogP) is 4.49. The number of imidazole rings is 1. The summed E-state index contributed by atoms with van der Waals surface area (Å²) in [4.78, 5) is 40.0. The van der Waals surface area contributed by atoms with Crippen molar-refractivity contribution >= 4 is 17.5 Å². The Morgan fingerprint density at radius 3 is 2.55 bits per heavy atom. The monoisotopic (exact) mass is 635 g/mol. The first-order valence-electron chi connectivity index (χ1n) is 16.1.